The van der Waals surface area contributed by atoms with Crippen molar-refractivity contribution in [2.75, 3.05) is 19.7 Å². The van der Waals surface area contributed by atoms with Crippen LogP contribution in [0.4, 0.5) is 0 Å². The molecule has 1 atom stereocenters. The molecular formula is C16H23N3O2. The van der Waals surface area contributed by atoms with Crippen LogP contribution < -0.4 is 5.43 Å². The monoisotopic (exact) mass is 289 g/mol. The summed E-state index contributed by atoms with van der Waals surface area (Å²) in [6, 6.07) is 5.62. The molecule has 0 aliphatic carbocycles. The fourth-order valence-electron chi connectivity index (χ4n) is 2.94. The molecule has 1 aromatic rings. The highest BCUT2D eigenvalue weighted by Gasteiger charge is 2.20. The minimum Gasteiger partial charge on any atom is -0.372 e. The molecule has 1 amide bonds. The summed E-state index contributed by atoms with van der Waals surface area (Å²) in [7, 11) is 0. The van der Waals surface area contributed by atoms with E-state index >= 15 is 0 Å². The van der Waals surface area contributed by atoms with Gasteiger partial charge in [-0.05, 0) is 44.2 Å². The van der Waals surface area contributed by atoms with Crippen LogP contribution in [-0.2, 0) is 4.74 Å². The molecule has 1 unspecified atom stereocenters. The van der Waals surface area contributed by atoms with Crippen LogP contribution in [-0.4, -0.2) is 35.6 Å². The van der Waals surface area contributed by atoms with E-state index in [1.54, 1.807) is 6.07 Å². The summed E-state index contributed by atoms with van der Waals surface area (Å²) in [6.07, 6.45) is 6.85. The van der Waals surface area contributed by atoms with Crippen molar-refractivity contribution in [2.45, 2.75) is 44.6 Å². The lowest BCUT2D eigenvalue weighted by Crippen LogP contribution is -2.45. The highest BCUT2D eigenvalue weighted by atomic mass is 16.5. The van der Waals surface area contributed by atoms with Crippen LogP contribution in [0.3, 0.4) is 0 Å². The Morgan fingerprint density at radius 2 is 2.05 bits per heavy atom. The molecule has 5 nitrogen and oxygen atoms in total. The van der Waals surface area contributed by atoms with Crippen LogP contribution in [0.1, 0.15) is 60.8 Å². The molecule has 3 rings (SSSR count). The molecule has 0 aromatic carbocycles. The Hall–Kier alpha value is -1.46. The number of piperidine rings is 1. The first-order chi connectivity index (χ1) is 10.3. The van der Waals surface area contributed by atoms with E-state index < -0.39 is 0 Å². The van der Waals surface area contributed by atoms with Crippen molar-refractivity contribution >= 4 is 5.91 Å². The first kappa shape index (κ1) is 14.5. The van der Waals surface area contributed by atoms with Crippen molar-refractivity contribution in [2.24, 2.45) is 0 Å². The van der Waals surface area contributed by atoms with Gasteiger partial charge in [0.15, 0.2) is 0 Å². The molecule has 2 fully saturated rings. The van der Waals surface area contributed by atoms with Gasteiger partial charge in [-0.25, -0.2) is 9.99 Å². The average molecular weight is 289 g/mol. The predicted molar refractivity (Wildman–Crippen MR) is 79.7 cm³/mol. The van der Waals surface area contributed by atoms with Gasteiger partial charge in [0, 0.05) is 19.7 Å². The topological polar surface area (TPSA) is 54.5 Å². The van der Waals surface area contributed by atoms with Crippen molar-refractivity contribution in [3.05, 3.63) is 29.6 Å². The first-order valence-corrected chi connectivity index (χ1v) is 7.97. The number of nitrogens with zero attached hydrogens (tertiary/aromatic N) is 2. The molecule has 21 heavy (non-hydrogen) atoms. The van der Waals surface area contributed by atoms with Crippen LogP contribution in [0.25, 0.3) is 0 Å². The van der Waals surface area contributed by atoms with Crippen LogP contribution in [0.5, 0.6) is 0 Å². The molecule has 2 aliphatic heterocycles. The van der Waals surface area contributed by atoms with E-state index in [-0.39, 0.29) is 12.0 Å². The van der Waals surface area contributed by atoms with Gasteiger partial charge >= 0.3 is 0 Å². The van der Waals surface area contributed by atoms with Crippen LogP contribution in [0, 0.1) is 0 Å². The largest absolute Gasteiger partial charge is 0.372 e. The van der Waals surface area contributed by atoms with E-state index in [2.05, 4.69) is 10.4 Å². The number of hydrogen-bond donors (Lipinski definition) is 1. The Bertz CT molecular complexity index is 480. The number of hydrazine groups is 1. The second kappa shape index (κ2) is 7.00. The molecule has 0 bridgehead atoms. The number of carbonyl (C=O) groups excluding carboxylic acids is 1. The quantitative estimate of drug-likeness (QED) is 0.928. The number of aromatic nitrogens is 1. The highest BCUT2D eigenvalue weighted by Crippen LogP contribution is 2.26. The average Bonchev–Trinajstić information content (AvgIpc) is 2.57. The number of rotatable bonds is 3. The zero-order valence-corrected chi connectivity index (χ0v) is 12.4. The first-order valence-electron chi connectivity index (χ1n) is 7.97. The lowest BCUT2D eigenvalue weighted by Gasteiger charge is -2.27. The Labute approximate surface area is 125 Å². The number of nitrogens with one attached hydrogen (secondary N) is 1. The van der Waals surface area contributed by atoms with Gasteiger partial charge in [-0.1, -0.05) is 12.5 Å². The fraction of sp³-hybridized carbons (Fsp3) is 0.625. The maximum absolute atomic E-state index is 12.3. The van der Waals surface area contributed by atoms with Crippen LogP contribution in [0.15, 0.2) is 18.2 Å². The third kappa shape index (κ3) is 3.80. The van der Waals surface area contributed by atoms with Crippen molar-refractivity contribution in [3.8, 4) is 0 Å². The molecule has 114 valence electrons. The summed E-state index contributed by atoms with van der Waals surface area (Å²) in [4.78, 5) is 16.8. The number of ether oxygens (including phenoxy) is 1. The molecule has 2 aliphatic rings. The number of carbonyl (C=O) groups is 1. The SMILES string of the molecule is O=C(NN1CCCCC1)c1cccc(C2CCCCO2)n1. The normalized spacial score (nSPS) is 23.7. The second-order valence-corrected chi connectivity index (χ2v) is 5.79. The van der Waals surface area contributed by atoms with E-state index in [9.17, 15) is 4.79 Å². The second-order valence-electron chi connectivity index (χ2n) is 5.79. The summed E-state index contributed by atoms with van der Waals surface area (Å²) < 4.78 is 5.74. The number of hydrogen-bond acceptors (Lipinski definition) is 4. The third-order valence-corrected chi connectivity index (χ3v) is 4.13. The van der Waals surface area contributed by atoms with Gasteiger partial charge in [-0.15, -0.1) is 0 Å². The molecule has 3 heterocycles. The molecule has 0 spiro atoms. The van der Waals surface area contributed by atoms with Crippen molar-refractivity contribution in [1.29, 1.82) is 0 Å². The van der Waals surface area contributed by atoms with Gasteiger partial charge in [0.1, 0.15) is 5.69 Å². The molecule has 2 saturated heterocycles. The Morgan fingerprint density at radius 3 is 2.81 bits per heavy atom. The van der Waals surface area contributed by atoms with Crippen molar-refractivity contribution in [3.63, 3.8) is 0 Å². The highest BCUT2D eigenvalue weighted by molar-refractivity contribution is 5.91. The molecule has 1 N–H and O–H groups in total. The third-order valence-electron chi connectivity index (χ3n) is 4.13. The molecule has 5 heteroatoms. The number of amides is 1. The lowest BCUT2D eigenvalue weighted by atomic mass is 10.1. The molecule has 0 radical (unpaired) electrons. The Balaban J connectivity index is 1.65. The molecular weight excluding hydrogens is 266 g/mol. The summed E-state index contributed by atoms with van der Waals surface area (Å²) in [6.45, 7) is 2.64. The van der Waals surface area contributed by atoms with Gasteiger partial charge < -0.3 is 4.74 Å². The van der Waals surface area contributed by atoms with Crippen molar-refractivity contribution in [1.82, 2.24) is 15.4 Å². The number of pyridine rings is 1. The summed E-state index contributed by atoms with van der Waals surface area (Å²) >= 11 is 0. The summed E-state index contributed by atoms with van der Waals surface area (Å²) in [5.41, 5.74) is 4.31. The zero-order chi connectivity index (χ0) is 14.5. The van der Waals surface area contributed by atoms with Gasteiger partial charge in [-0.2, -0.15) is 0 Å². The summed E-state index contributed by atoms with van der Waals surface area (Å²) in [5.74, 6) is -0.116. The Morgan fingerprint density at radius 1 is 1.19 bits per heavy atom. The molecule has 0 saturated carbocycles. The van der Waals surface area contributed by atoms with E-state index in [0.717, 1.165) is 57.5 Å². The standard InChI is InChI=1S/C16H23N3O2/c20-16(18-19-10-3-1-4-11-19)14-8-6-7-13(17-14)15-9-2-5-12-21-15/h6-8,15H,1-5,9-12H2,(H,18,20). The maximum Gasteiger partial charge on any atom is 0.284 e. The van der Waals surface area contributed by atoms with E-state index in [1.165, 1.54) is 6.42 Å². The van der Waals surface area contributed by atoms with Crippen LogP contribution in [0.2, 0.25) is 0 Å². The predicted octanol–water partition coefficient (Wildman–Crippen LogP) is 2.45. The minimum atomic E-state index is -0.116. The van der Waals surface area contributed by atoms with Gasteiger partial charge in [0.2, 0.25) is 0 Å². The van der Waals surface area contributed by atoms with Crippen molar-refractivity contribution < 1.29 is 9.53 Å². The minimum absolute atomic E-state index is 0.0430. The summed E-state index contributed by atoms with van der Waals surface area (Å²) in [5, 5.41) is 2.00. The van der Waals surface area contributed by atoms with E-state index in [0.29, 0.717) is 5.69 Å². The zero-order valence-electron chi connectivity index (χ0n) is 12.4. The molecule has 1 aromatic heterocycles. The smallest absolute Gasteiger partial charge is 0.284 e. The lowest BCUT2D eigenvalue weighted by molar-refractivity contribution is 0.0122. The maximum atomic E-state index is 12.3. The van der Waals surface area contributed by atoms with Gasteiger partial charge in [0.05, 0.1) is 11.8 Å². The van der Waals surface area contributed by atoms with Crippen LogP contribution >= 0.6 is 0 Å². The van der Waals surface area contributed by atoms with E-state index in [1.807, 2.05) is 17.1 Å². The fourth-order valence-corrected chi connectivity index (χ4v) is 2.94. The van der Waals surface area contributed by atoms with E-state index in [4.69, 9.17) is 4.74 Å². The Kier molecular flexibility index (Phi) is 4.83. The van der Waals surface area contributed by atoms with Gasteiger partial charge in [-0.3, -0.25) is 10.2 Å². The van der Waals surface area contributed by atoms with Gasteiger partial charge in [0.25, 0.3) is 5.91 Å².